The van der Waals surface area contributed by atoms with Crippen molar-refractivity contribution >= 4 is 5.82 Å². The van der Waals surface area contributed by atoms with Crippen LogP contribution in [-0.2, 0) is 0 Å². The highest BCUT2D eigenvalue weighted by molar-refractivity contribution is 5.67. The summed E-state index contributed by atoms with van der Waals surface area (Å²) in [6.07, 6.45) is 3.15. The number of nitrogens with two attached hydrogens (primary N) is 1. The molecule has 0 fully saturated rings. The second kappa shape index (κ2) is 4.32. The van der Waals surface area contributed by atoms with Gasteiger partial charge in [0.1, 0.15) is 17.3 Å². The van der Waals surface area contributed by atoms with Crippen molar-refractivity contribution in [1.29, 1.82) is 0 Å². The van der Waals surface area contributed by atoms with Crippen LogP contribution in [0.4, 0.5) is 5.82 Å². The molecule has 0 aliphatic rings. The molecule has 2 aromatic heterocycles. The van der Waals surface area contributed by atoms with Gasteiger partial charge in [0, 0.05) is 18.0 Å². The minimum Gasteiger partial charge on any atom is -0.479 e. The third-order valence-electron chi connectivity index (χ3n) is 2.38. The number of aryl methyl sites for hydroxylation is 1. The molecule has 0 saturated carbocycles. The summed E-state index contributed by atoms with van der Waals surface area (Å²) in [7, 11) is 1.54. The average molecular weight is 231 g/mol. The van der Waals surface area contributed by atoms with Crippen LogP contribution in [0.1, 0.15) is 11.4 Å². The van der Waals surface area contributed by atoms with Crippen LogP contribution in [0.15, 0.2) is 12.4 Å². The van der Waals surface area contributed by atoms with Gasteiger partial charge in [-0.1, -0.05) is 0 Å². The Hall–Kier alpha value is -2.24. The molecule has 2 rings (SSSR count). The Bertz CT molecular complexity index is 556. The fourth-order valence-electron chi connectivity index (χ4n) is 1.52. The zero-order valence-electron chi connectivity index (χ0n) is 9.93. The molecule has 0 saturated heterocycles. The first kappa shape index (κ1) is 11.3. The van der Waals surface area contributed by atoms with Gasteiger partial charge in [-0.05, 0) is 13.8 Å². The van der Waals surface area contributed by atoms with Crippen molar-refractivity contribution in [2.24, 2.45) is 0 Å². The van der Waals surface area contributed by atoms with Crippen molar-refractivity contribution in [2.75, 3.05) is 12.8 Å². The Balaban J connectivity index is 2.68. The number of nitrogen functional groups attached to an aromatic ring is 1. The monoisotopic (exact) mass is 231 g/mol. The molecule has 0 unspecified atom stereocenters. The number of nitrogens with zero attached hydrogens (tertiary/aromatic N) is 4. The highest BCUT2D eigenvalue weighted by Gasteiger charge is 2.15. The fraction of sp³-hybridized carbons (Fsp3) is 0.273. The number of hydrogen-bond donors (Lipinski definition) is 1. The van der Waals surface area contributed by atoms with E-state index >= 15 is 0 Å². The number of aromatic nitrogens is 4. The lowest BCUT2D eigenvalue weighted by Crippen LogP contribution is -2.04. The molecule has 6 heteroatoms. The number of ether oxygens (including phenoxy) is 1. The van der Waals surface area contributed by atoms with Gasteiger partial charge in [-0.25, -0.2) is 19.9 Å². The van der Waals surface area contributed by atoms with E-state index in [0.29, 0.717) is 28.9 Å². The number of anilines is 1. The Morgan fingerprint density at radius 2 is 1.76 bits per heavy atom. The van der Waals surface area contributed by atoms with Crippen LogP contribution < -0.4 is 10.5 Å². The largest absolute Gasteiger partial charge is 0.479 e. The maximum absolute atomic E-state index is 5.81. The van der Waals surface area contributed by atoms with E-state index in [1.165, 1.54) is 0 Å². The molecule has 0 aliphatic heterocycles. The first-order chi connectivity index (χ1) is 8.13. The molecule has 0 atom stereocenters. The summed E-state index contributed by atoms with van der Waals surface area (Å²) in [5.74, 6) is 1.46. The van der Waals surface area contributed by atoms with Crippen molar-refractivity contribution in [3.63, 3.8) is 0 Å². The third-order valence-corrected chi connectivity index (χ3v) is 2.38. The van der Waals surface area contributed by atoms with Crippen LogP contribution in [0.2, 0.25) is 0 Å². The molecule has 2 aromatic rings. The zero-order chi connectivity index (χ0) is 12.4. The van der Waals surface area contributed by atoms with E-state index in [0.717, 1.165) is 5.56 Å². The Morgan fingerprint density at radius 3 is 2.47 bits per heavy atom. The molecule has 17 heavy (non-hydrogen) atoms. The van der Waals surface area contributed by atoms with Crippen molar-refractivity contribution < 1.29 is 4.74 Å². The summed E-state index contributed by atoms with van der Waals surface area (Å²) >= 11 is 0. The van der Waals surface area contributed by atoms with Gasteiger partial charge >= 0.3 is 0 Å². The van der Waals surface area contributed by atoms with Gasteiger partial charge in [0.05, 0.1) is 7.11 Å². The summed E-state index contributed by atoms with van der Waals surface area (Å²) in [5.41, 5.74) is 7.81. The van der Waals surface area contributed by atoms with Crippen molar-refractivity contribution in [1.82, 2.24) is 19.9 Å². The van der Waals surface area contributed by atoms with Gasteiger partial charge in [0.15, 0.2) is 5.69 Å². The maximum Gasteiger partial charge on any atom is 0.241 e. The summed E-state index contributed by atoms with van der Waals surface area (Å²) in [6.45, 7) is 3.63. The molecule has 0 aliphatic carbocycles. The first-order valence-corrected chi connectivity index (χ1v) is 5.09. The van der Waals surface area contributed by atoms with Crippen molar-refractivity contribution in [3.8, 4) is 17.3 Å². The quantitative estimate of drug-likeness (QED) is 0.834. The SMILES string of the molecule is COc1nccnc1-c1nc(C)nc(N)c1C. The van der Waals surface area contributed by atoms with E-state index in [1.54, 1.807) is 26.4 Å². The van der Waals surface area contributed by atoms with Crippen LogP contribution in [0.3, 0.4) is 0 Å². The molecule has 6 nitrogen and oxygen atoms in total. The molecular formula is C11H13N5O. The maximum atomic E-state index is 5.81. The fourth-order valence-corrected chi connectivity index (χ4v) is 1.52. The number of hydrogen-bond acceptors (Lipinski definition) is 6. The van der Waals surface area contributed by atoms with Crippen LogP contribution >= 0.6 is 0 Å². The lowest BCUT2D eigenvalue weighted by atomic mass is 10.2. The molecule has 0 aromatic carbocycles. The lowest BCUT2D eigenvalue weighted by Gasteiger charge is -2.09. The summed E-state index contributed by atoms with van der Waals surface area (Å²) in [4.78, 5) is 16.7. The topological polar surface area (TPSA) is 86.8 Å². The van der Waals surface area contributed by atoms with Crippen molar-refractivity contribution in [2.45, 2.75) is 13.8 Å². The smallest absolute Gasteiger partial charge is 0.241 e. The highest BCUT2D eigenvalue weighted by atomic mass is 16.5. The minimum atomic E-state index is 0.424. The second-order valence-corrected chi connectivity index (χ2v) is 3.54. The van der Waals surface area contributed by atoms with Gasteiger partial charge in [-0.3, -0.25) is 0 Å². The summed E-state index contributed by atoms with van der Waals surface area (Å²) < 4.78 is 5.16. The normalized spacial score (nSPS) is 10.3. The molecule has 0 radical (unpaired) electrons. The summed E-state index contributed by atoms with van der Waals surface area (Å²) in [5, 5.41) is 0. The zero-order valence-corrected chi connectivity index (χ0v) is 9.93. The molecular weight excluding hydrogens is 218 g/mol. The molecule has 88 valence electrons. The van der Waals surface area contributed by atoms with Gasteiger partial charge in [0.2, 0.25) is 5.88 Å². The third kappa shape index (κ3) is 2.01. The lowest BCUT2D eigenvalue weighted by molar-refractivity contribution is 0.397. The second-order valence-electron chi connectivity index (χ2n) is 3.54. The van der Waals surface area contributed by atoms with Gasteiger partial charge in [0.25, 0.3) is 0 Å². The Kier molecular flexibility index (Phi) is 2.86. The predicted molar refractivity (Wildman–Crippen MR) is 63.5 cm³/mol. The minimum absolute atomic E-state index is 0.424. The van der Waals surface area contributed by atoms with Crippen LogP contribution in [0.25, 0.3) is 11.4 Å². The van der Waals surface area contributed by atoms with Crippen molar-refractivity contribution in [3.05, 3.63) is 23.8 Å². The Labute approximate surface area is 98.9 Å². The van der Waals surface area contributed by atoms with E-state index < -0.39 is 0 Å². The number of methoxy groups -OCH3 is 1. The van der Waals surface area contributed by atoms with E-state index in [1.807, 2.05) is 6.92 Å². The molecule has 0 bridgehead atoms. The molecule has 0 amide bonds. The van der Waals surface area contributed by atoms with Gasteiger partial charge < -0.3 is 10.5 Å². The van der Waals surface area contributed by atoms with Gasteiger partial charge in [-0.15, -0.1) is 0 Å². The summed E-state index contributed by atoms with van der Waals surface area (Å²) in [6, 6.07) is 0. The predicted octanol–water partition coefficient (Wildman–Crippen LogP) is 1.14. The first-order valence-electron chi connectivity index (χ1n) is 5.09. The van der Waals surface area contributed by atoms with E-state index in [-0.39, 0.29) is 0 Å². The van der Waals surface area contributed by atoms with Crippen LogP contribution in [-0.4, -0.2) is 27.0 Å². The number of rotatable bonds is 2. The standard InChI is InChI=1S/C11H13N5O/c1-6-8(15-7(2)16-10(6)12)9-11(17-3)14-5-4-13-9/h4-5H,1-3H3,(H2,12,15,16). The molecule has 2 heterocycles. The van der Waals surface area contributed by atoms with Crippen LogP contribution in [0.5, 0.6) is 5.88 Å². The van der Waals surface area contributed by atoms with Crippen LogP contribution in [0, 0.1) is 13.8 Å². The van der Waals surface area contributed by atoms with E-state index in [4.69, 9.17) is 10.5 Å². The van der Waals surface area contributed by atoms with E-state index in [2.05, 4.69) is 19.9 Å². The average Bonchev–Trinajstić information content (AvgIpc) is 2.33. The highest BCUT2D eigenvalue weighted by Crippen LogP contribution is 2.28. The van der Waals surface area contributed by atoms with Gasteiger partial charge in [-0.2, -0.15) is 0 Å². The molecule has 2 N–H and O–H groups in total. The molecule has 0 spiro atoms. The van der Waals surface area contributed by atoms with E-state index in [9.17, 15) is 0 Å². The Morgan fingerprint density at radius 1 is 1.06 bits per heavy atom.